The Balaban J connectivity index is 1.84. The zero-order valence-electron chi connectivity index (χ0n) is 12.1. The minimum atomic E-state index is -0.320. The standard InChI is InChI=1S/C17H10Cl2INO2S/c18-13-3-1-2-11(15(13)19)8-14-16(22)21(17(23)24-14)9-10-4-6-12(20)7-5-10/h1-8H,9H2/b14-8+. The topological polar surface area (TPSA) is 37.4 Å². The highest BCUT2D eigenvalue weighted by Crippen LogP contribution is 2.35. The van der Waals surface area contributed by atoms with Crippen LogP contribution in [-0.4, -0.2) is 16.0 Å². The van der Waals surface area contributed by atoms with Crippen LogP contribution >= 0.6 is 57.6 Å². The molecule has 2 amide bonds. The summed E-state index contributed by atoms with van der Waals surface area (Å²) in [5.74, 6) is -0.320. The predicted molar refractivity (Wildman–Crippen MR) is 107 cm³/mol. The number of benzene rings is 2. The van der Waals surface area contributed by atoms with Crippen LogP contribution in [0, 0.1) is 3.57 Å². The van der Waals surface area contributed by atoms with Gasteiger partial charge in [0, 0.05) is 3.57 Å². The average molecular weight is 490 g/mol. The van der Waals surface area contributed by atoms with Gasteiger partial charge in [0.2, 0.25) is 0 Å². The maximum Gasteiger partial charge on any atom is 0.293 e. The highest BCUT2D eigenvalue weighted by Gasteiger charge is 2.35. The molecule has 0 atom stereocenters. The lowest BCUT2D eigenvalue weighted by Crippen LogP contribution is -2.27. The van der Waals surface area contributed by atoms with Gasteiger partial charge in [0.25, 0.3) is 11.1 Å². The lowest BCUT2D eigenvalue weighted by molar-refractivity contribution is -0.123. The number of carbonyl (C=O) groups is 2. The molecule has 0 radical (unpaired) electrons. The van der Waals surface area contributed by atoms with Crippen LogP contribution in [-0.2, 0) is 11.3 Å². The van der Waals surface area contributed by atoms with Crippen molar-refractivity contribution in [3.8, 4) is 0 Å². The molecule has 1 fully saturated rings. The van der Waals surface area contributed by atoms with Crippen LogP contribution in [0.5, 0.6) is 0 Å². The van der Waals surface area contributed by atoms with Gasteiger partial charge in [-0.2, -0.15) is 0 Å². The summed E-state index contributed by atoms with van der Waals surface area (Å²) in [6.07, 6.45) is 1.60. The SMILES string of the molecule is O=C1S/C(=C/c2cccc(Cl)c2Cl)C(=O)N1Cc1ccc(I)cc1. The summed E-state index contributed by atoms with van der Waals surface area (Å²) < 4.78 is 1.10. The van der Waals surface area contributed by atoms with Crippen LogP contribution in [0.2, 0.25) is 10.0 Å². The normalized spacial score (nSPS) is 16.3. The van der Waals surface area contributed by atoms with E-state index in [4.69, 9.17) is 23.2 Å². The van der Waals surface area contributed by atoms with Crippen LogP contribution in [0.25, 0.3) is 6.08 Å². The summed E-state index contributed by atoms with van der Waals surface area (Å²) in [6.45, 7) is 0.252. The third-order valence-electron chi connectivity index (χ3n) is 3.40. The number of carbonyl (C=O) groups excluding carboxylic acids is 2. The van der Waals surface area contributed by atoms with Crippen molar-refractivity contribution in [1.29, 1.82) is 0 Å². The van der Waals surface area contributed by atoms with Gasteiger partial charge < -0.3 is 0 Å². The minimum absolute atomic E-state index is 0.252. The van der Waals surface area contributed by atoms with Crippen LogP contribution in [0.4, 0.5) is 4.79 Å². The third-order valence-corrected chi connectivity index (χ3v) is 5.86. The second-order valence-electron chi connectivity index (χ2n) is 5.04. The number of imide groups is 1. The van der Waals surface area contributed by atoms with Gasteiger partial charge in [0.1, 0.15) is 0 Å². The number of hydrogen-bond acceptors (Lipinski definition) is 3. The molecule has 24 heavy (non-hydrogen) atoms. The van der Waals surface area contributed by atoms with E-state index in [9.17, 15) is 9.59 Å². The molecule has 0 N–H and O–H groups in total. The molecule has 0 aromatic heterocycles. The van der Waals surface area contributed by atoms with E-state index in [0.717, 1.165) is 20.9 Å². The molecule has 1 heterocycles. The predicted octanol–water partition coefficient (Wildman–Crippen LogP) is 5.83. The number of halogens is 3. The van der Waals surface area contributed by atoms with E-state index in [2.05, 4.69) is 22.6 Å². The fourth-order valence-electron chi connectivity index (χ4n) is 2.18. The zero-order chi connectivity index (χ0) is 17.3. The molecule has 3 rings (SSSR count). The van der Waals surface area contributed by atoms with Gasteiger partial charge in [-0.3, -0.25) is 14.5 Å². The van der Waals surface area contributed by atoms with E-state index in [1.165, 1.54) is 4.90 Å². The summed E-state index contributed by atoms with van der Waals surface area (Å²) in [5.41, 5.74) is 1.52. The highest BCUT2D eigenvalue weighted by atomic mass is 127. The number of hydrogen-bond donors (Lipinski definition) is 0. The van der Waals surface area contributed by atoms with E-state index >= 15 is 0 Å². The van der Waals surface area contributed by atoms with Crippen molar-refractivity contribution in [3.63, 3.8) is 0 Å². The van der Waals surface area contributed by atoms with Gasteiger partial charge in [-0.25, -0.2) is 0 Å². The number of nitrogens with zero attached hydrogens (tertiary/aromatic N) is 1. The Labute approximate surface area is 167 Å². The fraction of sp³-hybridized carbons (Fsp3) is 0.0588. The second kappa shape index (κ2) is 7.47. The Morgan fingerprint density at radius 1 is 1.08 bits per heavy atom. The maximum absolute atomic E-state index is 12.5. The molecule has 2 aromatic rings. The first-order valence-corrected chi connectivity index (χ1v) is 9.54. The lowest BCUT2D eigenvalue weighted by atomic mass is 10.2. The molecule has 0 saturated carbocycles. The largest absolute Gasteiger partial charge is 0.293 e. The summed E-state index contributed by atoms with van der Waals surface area (Å²) in [6, 6.07) is 12.9. The zero-order valence-corrected chi connectivity index (χ0v) is 16.6. The summed E-state index contributed by atoms with van der Waals surface area (Å²) >= 11 is 15.2. The van der Waals surface area contributed by atoms with Crippen LogP contribution in [0.1, 0.15) is 11.1 Å². The summed E-state index contributed by atoms with van der Waals surface area (Å²) in [5, 5.41) is 0.482. The number of rotatable bonds is 3. The van der Waals surface area contributed by atoms with Crippen molar-refractivity contribution < 1.29 is 9.59 Å². The third kappa shape index (κ3) is 3.79. The van der Waals surface area contributed by atoms with E-state index in [-0.39, 0.29) is 17.7 Å². The first-order chi connectivity index (χ1) is 11.5. The molecule has 1 aliphatic rings. The molecule has 0 unspecified atom stereocenters. The summed E-state index contributed by atoms with van der Waals surface area (Å²) in [4.78, 5) is 26.3. The Hall–Kier alpha value is -1.02. The minimum Gasteiger partial charge on any atom is -0.268 e. The van der Waals surface area contributed by atoms with E-state index in [1.54, 1.807) is 24.3 Å². The molecular weight excluding hydrogens is 480 g/mol. The molecule has 1 saturated heterocycles. The van der Waals surface area contributed by atoms with Gasteiger partial charge in [-0.1, -0.05) is 47.5 Å². The average Bonchev–Trinajstić information content (AvgIpc) is 2.81. The molecule has 3 nitrogen and oxygen atoms in total. The van der Waals surface area contributed by atoms with E-state index in [1.807, 2.05) is 24.3 Å². The van der Waals surface area contributed by atoms with Crippen LogP contribution < -0.4 is 0 Å². The Kier molecular flexibility index (Phi) is 5.54. The van der Waals surface area contributed by atoms with Crippen molar-refractivity contribution in [2.24, 2.45) is 0 Å². The Morgan fingerprint density at radius 2 is 1.79 bits per heavy atom. The van der Waals surface area contributed by atoms with Crippen LogP contribution in [0.15, 0.2) is 47.4 Å². The molecular formula is C17H10Cl2INO2S. The van der Waals surface area contributed by atoms with Gasteiger partial charge >= 0.3 is 0 Å². The maximum atomic E-state index is 12.5. The molecule has 1 aliphatic heterocycles. The van der Waals surface area contributed by atoms with Crippen molar-refractivity contribution in [2.75, 3.05) is 0 Å². The van der Waals surface area contributed by atoms with Crippen LogP contribution in [0.3, 0.4) is 0 Å². The molecule has 0 spiro atoms. The van der Waals surface area contributed by atoms with Gasteiger partial charge in [-0.15, -0.1) is 0 Å². The van der Waals surface area contributed by atoms with Crippen molar-refractivity contribution in [1.82, 2.24) is 4.90 Å². The molecule has 0 aliphatic carbocycles. The summed E-state index contributed by atoms with van der Waals surface area (Å²) in [7, 11) is 0. The smallest absolute Gasteiger partial charge is 0.268 e. The molecule has 0 bridgehead atoms. The molecule has 122 valence electrons. The Morgan fingerprint density at radius 3 is 2.50 bits per heavy atom. The highest BCUT2D eigenvalue weighted by molar-refractivity contribution is 14.1. The fourth-order valence-corrected chi connectivity index (χ4v) is 3.73. The monoisotopic (exact) mass is 489 g/mol. The van der Waals surface area contributed by atoms with E-state index < -0.39 is 0 Å². The number of thioether (sulfide) groups is 1. The van der Waals surface area contributed by atoms with Crippen molar-refractivity contribution >= 4 is 74.8 Å². The molecule has 7 heteroatoms. The van der Waals surface area contributed by atoms with Gasteiger partial charge in [0.05, 0.1) is 21.5 Å². The quantitative estimate of drug-likeness (QED) is 0.401. The van der Waals surface area contributed by atoms with Gasteiger partial charge in [0.15, 0.2) is 0 Å². The number of amides is 2. The first-order valence-electron chi connectivity index (χ1n) is 6.89. The Bertz CT molecular complexity index is 852. The van der Waals surface area contributed by atoms with Crippen molar-refractivity contribution in [2.45, 2.75) is 6.54 Å². The van der Waals surface area contributed by atoms with Crippen molar-refractivity contribution in [3.05, 3.63) is 72.1 Å². The van der Waals surface area contributed by atoms with Gasteiger partial charge in [-0.05, 0) is 69.8 Å². The van der Waals surface area contributed by atoms with E-state index in [0.29, 0.717) is 20.5 Å². The lowest BCUT2D eigenvalue weighted by Gasteiger charge is -2.12. The second-order valence-corrected chi connectivity index (χ2v) is 8.06. The first kappa shape index (κ1) is 17.8. The molecule has 2 aromatic carbocycles.